The molecule has 0 aliphatic carbocycles. The van der Waals surface area contributed by atoms with Crippen LogP contribution >= 0.6 is 0 Å². The number of hydrogen-bond donors (Lipinski definition) is 2. The number of carbonyl (C=O) groups is 2. The highest BCUT2D eigenvalue weighted by Crippen LogP contribution is 2.34. The number of amides is 2. The standard InChI is InChI=1S/C26H24F3N3O3/c1-35-14-13-32-23(21-7-2-3-8-22(21)25(32)34)31-20-11-9-18(10-12-20)24(33)30-16-17-5-4-6-19(15-17)26(27,28)29/h2-12,15,23,31H,13-14,16H2,1H3,(H,30,33). The number of alkyl halides is 3. The molecular weight excluding hydrogens is 459 g/mol. The maximum Gasteiger partial charge on any atom is 0.416 e. The third-order valence-corrected chi connectivity index (χ3v) is 5.75. The van der Waals surface area contributed by atoms with Crippen LogP contribution in [-0.4, -0.2) is 37.0 Å². The summed E-state index contributed by atoms with van der Waals surface area (Å²) in [7, 11) is 1.58. The fraction of sp³-hybridized carbons (Fsp3) is 0.231. The molecule has 2 N–H and O–H groups in total. The maximum atomic E-state index is 12.9. The second-order valence-corrected chi connectivity index (χ2v) is 8.08. The van der Waals surface area contributed by atoms with Crippen LogP contribution in [0.5, 0.6) is 0 Å². The van der Waals surface area contributed by atoms with Crippen molar-refractivity contribution in [3.05, 3.63) is 101 Å². The average molecular weight is 483 g/mol. The van der Waals surface area contributed by atoms with Gasteiger partial charge in [0.05, 0.1) is 12.2 Å². The maximum absolute atomic E-state index is 12.9. The number of ether oxygens (including phenoxy) is 1. The van der Waals surface area contributed by atoms with Crippen molar-refractivity contribution in [1.29, 1.82) is 0 Å². The van der Waals surface area contributed by atoms with Crippen LogP contribution in [0.15, 0.2) is 72.8 Å². The van der Waals surface area contributed by atoms with E-state index in [9.17, 15) is 22.8 Å². The predicted molar refractivity (Wildman–Crippen MR) is 125 cm³/mol. The van der Waals surface area contributed by atoms with E-state index in [1.54, 1.807) is 42.3 Å². The van der Waals surface area contributed by atoms with Gasteiger partial charge in [0.25, 0.3) is 11.8 Å². The van der Waals surface area contributed by atoms with E-state index in [-0.39, 0.29) is 18.6 Å². The Morgan fingerprint density at radius 2 is 1.77 bits per heavy atom. The molecule has 35 heavy (non-hydrogen) atoms. The summed E-state index contributed by atoms with van der Waals surface area (Å²) in [5.74, 6) is -0.488. The number of benzene rings is 3. The van der Waals surface area contributed by atoms with Crippen molar-refractivity contribution in [3.63, 3.8) is 0 Å². The minimum absolute atomic E-state index is 0.0296. The van der Waals surface area contributed by atoms with Gasteiger partial charge in [-0.3, -0.25) is 9.59 Å². The quantitative estimate of drug-likeness (QED) is 0.481. The zero-order valence-corrected chi connectivity index (χ0v) is 18.9. The van der Waals surface area contributed by atoms with Crippen LogP contribution in [0, 0.1) is 0 Å². The molecule has 3 aromatic rings. The zero-order valence-electron chi connectivity index (χ0n) is 18.9. The number of hydrogen-bond acceptors (Lipinski definition) is 4. The van der Waals surface area contributed by atoms with Gasteiger partial charge in [0.15, 0.2) is 0 Å². The minimum atomic E-state index is -4.44. The minimum Gasteiger partial charge on any atom is -0.383 e. The average Bonchev–Trinajstić information content (AvgIpc) is 3.12. The highest BCUT2D eigenvalue weighted by atomic mass is 19.4. The molecule has 1 unspecified atom stereocenters. The summed E-state index contributed by atoms with van der Waals surface area (Å²) in [5, 5.41) is 5.98. The molecule has 0 spiro atoms. The third-order valence-electron chi connectivity index (χ3n) is 5.75. The second kappa shape index (κ2) is 10.2. The summed E-state index contributed by atoms with van der Waals surface area (Å²) in [5.41, 5.74) is 2.15. The van der Waals surface area contributed by atoms with Crippen LogP contribution in [0.4, 0.5) is 18.9 Å². The second-order valence-electron chi connectivity index (χ2n) is 8.08. The summed E-state index contributed by atoms with van der Waals surface area (Å²) in [6.07, 6.45) is -4.82. The van der Waals surface area contributed by atoms with Crippen molar-refractivity contribution >= 4 is 17.5 Å². The first-order valence-electron chi connectivity index (χ1n) is 11.0. The zero-order chi connectivity index (χ0) is 25.0. The number of nitrogens with one attached hydrogen (secondary N) is 2. The SMILES string of the molecule is COCCN1C(=O)c2ccccc2C1Nc1ccc(C(=O)NCc2cccc(C(F)(F)F)c2)cc1. The van der Waals surface area contributed by atoms with E-state index in [2.05, 4.69) is 10.6 Å². The molecule has 0 radical (unpaired) electrons. The highest BCUT2D eigenvalue weighted by Gasteiger charge is 2.36. The number of methoxy groups -OCH3 is 1. The van der Waals surface area contributed by atoms with Crippen LogP contribution in [0.25, 0.3) is 0 Å². The number of fused-ring (bicyclic) bond motifs is 1. The van der Waals surface area contributed by atoms with E-state index in [0.717, 1.165) is 17.7 Å². The van der Waals surface area contributed by atoms with E-state index in [1.165, 1.54) is 12.1 Å². The monoisotopic (exact) mass is 483 g/mol. The molecule has 1 atom stereocenters. The van der Waals surface area contributed by atoms with Gasteiger partial charge in [0.1, 0.15) is 6.17 Å². The van der Waals surface area contributed by atoms with E-state index in [4.69, 9.17) is 4.74 Å². The van der Waals surface area contributed by atoms with Crippen molar-refractivity contribution < 1.29 is 27.5 Å². The molecular formula is C26H24F3N3O3. The van der Waals surface area contributed by atoms with Crippen molar-refractivity contribution in [1.82, 2.24) is 10.2 Å². The summed E-state index contributed by atoms with van der Waals surface area (Å²) in [4.78, 5) is 27.0. The molecule has 0 fully saturated rings. The molecule has 1 aliphatic heterocycles. The van der Waals surface area contributed by atoms with Gasteiger partial charge in [-0.25, -0.2) is 0 Å². The van der Waals surface area contributed by atoms with Crippen molar-refractivity contribution in [3.8, 4) is 0 Å². The molecule has 0 aromatic heterocycles. The van der Waals surface area contributed by atoms with Crippen LogP contribution in [0.2, 0.25) is 0 Å². The van der Waals surface area contributed by atoms with Gasteiger partial charge in [-0.2, -0.15) is 13.2 Å². The van der Waals surface area contributed by atoms with Crippen molar-refractivity contribution in [2.75, 3.05) is 25.6 Å². The third kappa shape index (κ3) is 5.46. The molecule has 6 nitrogen and oxygen atoms in total. The summed E-state index contributed by atoms with van der Waals surface area (Å²) in [6, 6.07) is 18.9. The lowest BCUT2D eigenvalue weighted by Crippen LogP contribution is -2.35. The van der Waals surface area contributed by atoms with Crippen LogP contribution in [-0.2, 0) is 17.5 Å². The lowest BCUT2D eigenvalue weighted by Gasteiger charge is -2.27. The van der Waals surface area contributed by atoms with Crippen LogP contribution < -0.4 is 10.6 Å². The Kier molecular flexibility index (Phi) is 7.07. The van der Waals surface area contributed by atoms with Gasteiger partial charge in [-0.05, 0) is 48.0 Å². The number of anilines is 1. The lowest BCUT2D eigenvalue weighted by molar-refractivity contribution is -0.137. The number of carbonyl (C=O) groups excluding carboxylic acids is 2. The van der Waals surface area contributed by atoms with E-state index >= 15 is 0 Å². The lowest BCUT2D eigenvalue weighted by atomic mass is 10.1. The first kappa shape index (κ1) is 24.3. The first-order valence-corrected chi connectivity index (χ1v) is 11.0. The molecule has 2 amide bonds. The van der Waals surface area contributed by atoms with Crippen LogP contribution in [0.3, 0.4) is 0 Å². The molecule has 1 aliphatic rings. The fourth-order valence-corrected chi connectivity index (χ4v) is 3.96. The van der Waals surface area contributed by atoms with Crippen molar-refractivity contribution in [2.24, 2.45) is 0 Å². The molecule has 0 saturated heterocycles. The largest absolute Gasteiger partial charge is 0.416 e. The summed E-state index contributed by atoms with van der Waals surface area (Å²) < 4.78 is 43.8. The van der Waals surface area contributed by atoms with Gasteiger partial charge < -0.3 is 20.3 Å². The Balaban J connectivity index is 1.42. The summed E-state index contributed by atoms with van der Waals surface area (Å²) >= 11 is 0. The molecule has 0 saturated carbocycles. The molecule has 182 valence electrons. The molecule has 4 rings (SSSR count). The highest BCUT2D eigenvalue weighted by molar-refractivity contribution is 5.99. The summed E-state index contributed by atoms with van der Waals surface area (Å²) in [6.45, 7) is 0.777. The van der Waals surface area contributed by atoms with E-state index < -0.39 is 17.6 Å². The Morgan fingerprint density at radius 1 is 1.03 bits per heavy atom. The van der Waals surface area contributed by atoms with E-state index in [1.807, 2.05) is 18.2 Å². The van der Waals surface area contributed by atoms with Gasteiger partial charge in [-0.15, -0.1) is 0 Å². The Bertz CT molecular complexity index is 1210. The molecule has 0 bridgehead atoms. The Morgan fingerprint density at radius 3 is 2.49 bits per heavy atom. The van der Waals surface area contributed by atoms with Crippen molar-refractivity contribution in [2.45, 2.75) is 18.9 Å². The van der Waals surface area contributed by atoms with Gasteiger partial charge in [0, 0.05) is 42.6 Å². The Labute approximate surface area is 200 Å². The van der Waals surface area contributed by atoms with E-state index in [0.29, 0.717) is 35.5 Å². The number of halogens is 3. The molecule has 3 aromatic carbocycles. The van der Waals surface area contributed by atoms with Gasteiger partial charge >= 0.3 is 6.18 Å². The Hall–Kier alpha value is -3.85. The van der Waals surface area contributed by atoms with Crippen LogP contribution in [0.1, 0.15) is 43.6 Å². The number of rotatable bonds is 8. The number of nitrogens with zero attached hydrogens (tertiary/aromatic N) is 1. The smallest absolute Gasteiger partial charge is 0.383 e. The normalized spacial score (nSPS) is 15.1. The first-order chi connectivity index (χ1) is 16.8. The van der Waals surface area contributed by atoms with Gasteiger partial charge in [-0.1, -0.05) is 30.3 Å². The molecule has 9 heteroatoms. The fourth-order valence-electron chi connectivity index (χ4n) is 3.96. The molecule has 1 heterocycles. The predicted octanol–water partition coefficient (Wildman–Crippen LogP) is 4.85. The van der Waals surface area contributed by atoms with Gasteiger partial charge in [0.2, 0.25) is 0 Å². The topological polar surface area (TPSA) is 70.7 Å².